The molecule has 4 N–H and O–H groups in total. The summed E-state index contributed by atoms with van der Waals surface area (Å²) in [5.41, 5.74) is -1.21. The minimum absolute atomic E-state index is 0.0675. The van der Waals surface area contributed by atoms with Gasteiger partial charge in [0.1, 0.15) is 17.2 Å². The van der Waals surface area contributed by atoms with E-state index in [2.05, 4.69) is 0 Å². The fourth-order valence-corrected chi connectivity index (χ4v) is 2.00. The molecule has 0 amide bonds. The molecule has 0 aliphatic rings. The zero-order valence-electron chi connectivity index (χ0n) is 10.2. The fourth-order valence-electron chi connectivity index (χ4n) is 1.52. The van der Waals surface area contributed by atoms with E-state index in [1.807, 2.05) is 0 Å². The van der Waals surface area contributed by atoms with Crippen LogP contribution in [0.3, 0.4) is 0 Å². The van der Waals surface area contributed by atoms with Crippen molar-refractivity contribution in [2.45, 2.75) is 0 Å². The Balaban J connectivity index is 2.22. The number of benzene rings is 2. The maximum Gasteiger partial charge on any atom is 0.483 e. The lowest BCUT2D eigenvalue weighted by atomic mass is 10.2. The van der Waals surface area contributed by atoms with E-state index in [9.17, 15) is 4.79 Å². The van der Waals surface area contributed by atoms with Gasteiger partial charge >= 0.3 is 13.5 Å². The third kappa shape index (κ3) is 3.53. The predicted octanol–water partition coefficient (Wildman–Crippen LogP) is 2.06. The quantitative estimate of drug-likeness (QED) is 0.643. The van der Waals surface area contributed by atoms with Crippen LogP contribution in [0.5, 0.6) is 17.2 Å². The molecule has 104 valence electrons. The predicted molar refractivity (Wildman–Crippen MR) is 72.5 cm³/mol. The van der Waals surface area contributed by atoms with Crippen LogP contribution in [-0.4, -0.2) is 25.3 Å². The lowest BCUT2D eigenvalue weighted by molar-refractivity contribution is 0.102. The number of phenols is 1. The molecule has 0 aromatic heterocycles. The zero-order valence-corrected chi connectivity index (χ0v) is 11.1. The summed E-state index contributed by atoms with van der Waals surface area (Å²) in [4.78, 5) is 38.4. The van der Waals surface area contributed by atoms with Crippen molar-refractivity contribution in [1.29, 1.82) is 0 Å². The van der Waals surface area contributed by atoms with E-state index in [4.69, 9.17) is 24.5 Å². The number of carbonyl (C=O) groups excluding carboxylic acids is 1. The first-order valence-electron chi connectivity index (χ1n) is 5.55. The van der Waals surface area contributed by atoms with Crippen molar-refractivity contribution < 1.29 is 29.3 Å². The standard InChI is InChI=1S/C13H11O6P/c14-10-4-6-11(7-5-10)19-12-3-1-2-9(8-12)13(15)20(16,17)18/h1-8,16-18H/p+1. The summed E-state index contributed by atoms with van der Waals surface area (Å²) in [5.74, 6) is 0.817. The second-order valence-corrected chi connectivity index (χ2v) is 5.54. The lowest BCUT2D eigenvalue weighted by Gasteiger charge is -2.07. The topological polar surface area (TPSA) is 107 Å². The molecular formula is C13H12O6P+. The van der Waals surface area contributed by atoms with Crippen LogP contribution in [-0.2, 0) is 0 Å². The molecule has 0 unspecified atom stereocenters. The zero-order chi connectivity index (χ0) is 14.8. The van der Waals surface area contributed by atoms with Crippen LogP contribution in [0.15, 0.2) is 48.5 Å². The first kappa shape index (κ1) is 14.4. The fraction of sp³-hybridized carbons (Fsp3) is 0. The Hall–Kier alpha value is -1.98. The van der Waals surface area contributed by atoms with Crippen molar-refractivity contribution in [3.63, 3.8) is 0 Å². The lowest BCUT2D eigenvalue weighted by Crippen LogP contribution is -2.05. The molecule has 0 aliphatic heterocycles. The van der Waals surface area contributed by atoms with Crippen molar-refractivity contribution >= 4 is 13.5 Å². The van der Waals surface area contributed by atoms with Crippen LogP contribution < -0.4 is 4.74 Å². The summed E-state index contributed by atoms with van der Waals surface area (Å²) >= 11 is 0. The molecule has 0 atom stereocenters. The van der Waals surface area contributed by atoms with Crippen LogP contribution in [0.1, 0.15) is 10.4 Å². The van der Waals surface area contributed by atoms with Crippen molar-refractivity contribution in [1.82, 2.24) is 0 Å². The summed E-state index contributed by atoms with van der Waals surface area (Å²) < 4.78 is 5.44. The molecule has 20 heavy (non-hydrogen) atoms. The maximum absolute atomic E-state index is 11.5. The number of rotatable bonds is 4. The van der Waals surface area contributed by atoms with Gasteiger partial charge in [0, 0.05) is 0 Å². The van der Waals surface area contributed by atoms with Crippen LogP contribution in [0.25, 0.3) is 0 Å². The number of hydrogen-bond acceptors (Lipinski definition) is 6. The smallest absolute Gasteiger partial charge is 0.483 e. The van der Waals surface area contributed by atoms with Gasteiger partial charge in [0.05, 0.1) is 5.56 Å². The maximum atomic E-state index is 11.5. The number of aromatic hydroxyl groups is 1. The molecular weight excluding hydrogens is 283 g/mol. The highest BCUT2D eigenvalue weighted by Gasteiger charge is 2.43. The first-order valence-corrected chi connectivity index (χ1v) is 7.20. The van der Waals surface area contributed by atoms with Crippen molar-refractivity contribution in [2.75, 3.05) is 0 Å². The van der Waals surface area contributed by atoms with E-state index in [1.165, 1.54) is 42.5 Å². The second-order valence-electron chi connectivity index (χ2n) is 4.00. The third-order valence-electron chi connectivity index (χ3n) is 2.43. The third-order valence-corrected chi connectivity index (χ3v) is 3.23. The number of carbonyl (C=O) groups is 1. The Labute approximate surface area is 115 Å². The van der Waals surface area contributed by atoms with Gasteiger partial charge in [0.25, 0.3) is 0 Å². The molecule has 0 fully saturated rings. The summed E-state index contributed by atoms with van der Waals surface area (Å²) in [6, 6.07) is 11.6. The minimum atomic E-state index is -4.56. The van der Waals surface area contributed by atoms with Gasteiger partial charge in [-0.15, -0.1) is 0 Å². The summed E-state index contributed by atoms with van der Waals surface area (Å²) in [7, 11) is -4.56. The molecule has 0 heterocycles. The molecule has 2 aromatic rings. The molecule has 0 aliphatic carbocycles. The Morgan fingerprint density at radius 3 is 2.20 bits per heavy atom. The molecule has 6 nitrogen and oxygen atoms in total. The summed E-state index contributed by atoms with van der Waals surface area (Å²) in [6.45, 7) is 0. The average Bonchev–Trinajstić information content (AvgIpc) is 2.40. The largest absolute Gasteiger partial charge is 0.508 e. The monoisotopic (exact) mass is 295 g/mol. The highest BCUT2D eigenvalue weighted by atomic mass is 31.2. The molecule has 7 heteroatoms. The van der Waals surface area contributed by atoms with Gasteiger partial charge in [0.2, 0.25) is 0 Å². The van der Waals surface area contributed by atoms with Crippen LogP contribution in [0.2, 0.25) is 0 Å². The minimum Gasteiger partial charge on any atom is -0.508 e. The van der Waals surface area contributed by atoms with Crippen molar-refractivity contribution in [3.05, 3.63) is 54.1 Å². The molecule has 2 aromatic carbocycles. The van der Waals surface area contributed by atoms with E-state index >= 15 is 0 Å². The van der Waals surface area contributed by atoms with Gasteiger partial charge in [-0.2, -0.15) is 14.7 Å². The SMILES string of the molecule is O=C(c1cccc(Oc2ccc(O)cc2)c1)[P+](O)(O)O. The summed E-state index contributed by atoms with van der Waals surface area (Å²) in [6.07, 6.45) is 0. The molecule has 0 radical (unpaired) electrons. The van der Waals surface area contributed by atoms with Gasteiger partial charge in [-0.25, -0.2) is 4.79 Å². The van der Waals surface area contributed by atoms with Crippen molar-refractivity contribution in [2.24, 2.45) is 0 Å². The Morgan fingerprint density at radius 1 is 0.950 bits per heavy atom. The van der Waals surface area contributed by atoms with Crippen LogP contribution >= 0.6 is 7.94 Å². The average molecular weight is 295 g/mol. The van der Waals surface area contributed by atoms with E-state index in [-0.39, 0.29) is 17.1 Å². The summed E-state index contributed by atoms with van der Waals surface area (Å²) in [5, 5.41) is 9.15. The van der Waals surface area contributed by atoms with Crippen molar-refractivity contribution in [3.8, 4) is 17.2 Å². The van der Waals surface area contributed by atoms with Gasteiger partial charge in [-0.1, -0.05) is 6.07 Å². The van der Waals surface area contributed by atoms with Gasteiger partial charge in [-0.3, -0.25) is 0 Å². The van der Waals surface area contributed by atoms with E-state index < -0.39 is 13.5 Å². The highest BCUT2D eigenvalue weighted by Crippen LogP contribution is 2.48. The molecule has 0 saturated heterocycles. The van der Waals surface area contributed by atoms with Gasteiger partial charge in [0.15, 0.2) is 0 Å². The molecule has 0 spiro atoms. The Morgan fingerprint density at radius 2 is 1.60 bits per heavy atom. The van der Waals surface area contributed by atoms with E-state index in [0.717, 1.165) is 0 Å². The Bertz CT molecular complexity index is 618. The number of ether oxygens (including phenoxy) is 1. The number of phenolic OH excluding ortho intramolecular Hbond substituents is 1. The molecule has 0 saturated carbocycles. The first-order chi connectivity index (χ1) is 9.36. The highest BCUT2D eigenvalue weighted by molar-refractivity contribution is 7.76. The van der Waals surface area contributed by atoms with Gasteiger partial charge < -0.3 is 9.84 Å². The van der Waals surface area contributed by atoms with Gasteiger partial charge in [-0.05, 0) is 42.5 Å². The molecule has 0 bridgehead atoms. The second kappa shape index (κ2) is 5.56. The molecule has 2 rings (SSSR count). The van der Waals surface area contributed by atoms with E-state index in [0.29, 0.717) is 5.75 Å². The Kier molecular flexibility index (Phi) is 4.01. The number of hydrogen-bond donors (Lipinski definition) is 4. The van der Waals surface area contributed by atoms with Crippen LogP contribution in [0.4, 0.5) is 0 Å². The van der Waals surface area contributed by atoms with E-state index in [1.54, 1.807) is 6.07 Å². The normalized spacial score (nSPS) is 11.2. The van der Waals surface area contributed by atoms with Crippen LogP contribution in [0, 0.1) is 0 Å².